The Kier molecular flexibility index (Phi) is 4.69. The van der Waals surface area contributed by atoms with E-state index in [0.29, 0.717) is 5.92 Å². The van der Waals surface area contributed by atoms with Crippen molar-refractivity contribution in [3.8, 4) is 0 Å². The first-order valence-corrected chi connectivity index (χ1v) is 7.47. The third kappa shape index (κ3) is 3.62. The summed E-state index contributed by atoms with van der Waals surface area (Å²) in [5.41, 5.74) is 2.23. The Morgan fingerprint density at radius 2 is 2.06 bits per heavy atom. The van der Waals surface area contributed by atoms with E-state index in [1.165, 1.54) is 5.39 Å². The van der Waals surface area contributed by atoms with Crippen molar-refractivity contribution >= 4 is 34.3 Å². The van der Waals surface area contributed by atoms with E-state index in [-0.39, 0.29) is 0 Å². The summed E-state index contributed by atoms with van der Waals surface area (Å²) in [4.78, 5) is 4.64. The largest absolute Gasteiger partial charge is 0.252 e. The maximum Gasteiger partial charge on any atom is 0.0705 e. The number of nitrogens with zero attached hydrogens (tertiary/aromatic N) is 1. The number of hydrogen-bond acceptors (Lipinski definition) is 2. The van der Waals surface area contributed by atoms with Crippen molar-refractivity contribution in [1.29, 1.82) is 0 Å². The van der Waals surface area contributed by atoms with E-state index < -0.39 is 0 Å². The van der Waals surface area contributed by atoms with Crippen molar-refractivity contribution in [3.05, 3.63) is 42.1 Å². The number of halogens is 1. The second-order valence-electron chi connectivity index (χ2n) is 4.27. The molecule has 1 aromatic heterocycles. The van der Waals surface area contributed by atoms with Gasteiger partial charge in [0.25, 0.3) is 0 Å². The van der Waals surface area contributed by atoms with Gasteiger partial charge in [0.15, 0.2) is 0 Å². The zero-order valence-electron chi connectivity index (χ0n) is 9.90. The zero-order valence-corrected chi connectivity index (χ0v) is 11.5. The van der Waals surface area contributed by atoms with Crippen LogP contribution < -0.4 is 0 Å². The molecule has 0 aliphatic heterocycles. The number of hydrogen-bond donors (Lipinski definition) is 0. The van der Waals surface area contributed by atoms with E-state index in [4.69, 9.17) is 11.6 Å². The monoisotopic (exact) mass is 265 g/mol. The lowest BCUT2D eigenvalue weighted by Gasteiger charge is -2.06. The van der Waals surface area contributed by atoms with E-state index in [2.05, 4.69) is 36.2 Å². The Bertz CT molecular complexity index is 486. The van der Waals surface area contributed by atoms with Gasteiger partial charge in [0.1, 0.15) is 0 Å². The molecule has 1 heterocycles. The molecule has 0 amide bonds. The summed E-state index contributed by atoms with van der Waals surface area (Å²) in [6.45, 7) is 2.17. The molecule has 0 N–H and O–H groups in total. The number of fused-ring (bicyclic) bond motifs is 1. The number of para-hydroxylation sites is 1. The van der Waals surface area contributed by atoms with Crippen molar-refractivity contribution in [1.82, 2.24) is 4.98 Å². The number of pyridine rings is 1. The molecule has 0 saturated heterocycles. The van der Waals surface area contributed by atoms with Gasteiger partial charge in [-0.15, -0.1) is 11.6 Å². The first kappa shape index (κ1) is 12.7. The van der Waals surface area contributed by atoms with Crippen LogP contribution >= 0.6 is 23.4 Å². The van der Waals surface area contributed by atoms with Gasteiger partial charge in [-0.2, -0.15) is 11.8 Å². The van der Waals surface area contributed by atoms with Crippen LogP contribution in [0.2, 0.25) is 0 Å². The molecule has 1 unspecified atom stereocenters. The number of thioether (sulfide) groups is 1. The van der Waals surface area contributed by atoms with Crippen molar-refractivity contribution in [2.45, 2.75) is 12.7 Å². The van der Waals surface area contributed by atoms with Crippen LogP contribution in [0.3, 0.4) is 0 Å². The highest BCUT2D eigenvalue weighted by atomic mass is 35.5. The van der Waals surface area contributed by atoms with Crippen LogP contribution in [0.25, 0.3) is 10.9 Å². The maximum absolute atomic E-state index is 5.78. The van der Waals surface area contributed by atoms with Gasteiger partial charge in [0.05, 0.1) is 11.2 Å². The highest BCUT2D eigenvalue weighted by molar-refractivity contribution is 7.98. The minimum Gasteiger partial charge on any atom is -0.252 e. The summed E-state index contributed by atoms with van der Waals surface area (Å²) < 4.78 is 0. The Morgan fingerprint density at radius 3 is 2.88 bits per heavy atom. The SMILES string of the molecule is CC(CCl)CSCc1ccc2ccccc2n1. The predicted molar refractivity (Wildman–Crippen MR) is 77.8 cm³/mol. The Balaban J connectivity index is 1.99. The summed E-state index contributed by atoms with van der Waals surface area (Å²) in [7, 11) is 0. The lowest BCUT2D eigenvalue weighted by molar-refractivity contribution is 0.759. The van der Waals surface area contributed by atoms with Gasteiger partial charge in [-0.25, -0.2) is 0 Å². The highest BCUT2D eigenvalue weighted by Crippen LogP contribution is 2.18. The summed E-state index contributed by atoms with van der Waals surface area (Å²) in [6.07, 6.45) is 0. The zero-order chi connectivity index (χ0) is 12.1. The molecular formula is C14H16ClNS. The Morgan fingerprint density at radius 1 is 1.24 bits per heavy atom. The molecule has 90 valence electrons. The van der Waals surface area contributed by atoms with Crippen molar-refractivity contribution in [3.63, 3.8) is 0 Å². The average molecular weight is 266 g/mol. The molecule has 0 spiro atoms. The van der Waals surface area contributed by atoms with E-state index in [0.717, 1.165) is 28.6 Å². The van der Waals surface area contributed by atoms with Gasteiger partial charge < -0.3 is 0 Å². The van der Waals surface area contributed by atoms with Crippen LogP contribution in [0, 0.1) is 5.92 Å². The molecule has 1 aromatic carbocycles. The second kappa shape index (κ2) is 6.27. The van der Waals surface area contributed by atoms with Gasteiger partial charge in [-0.05, 0) is 23.8 Å². The normalized spacial score (nSPS) is 12.8. The fourth-order valence-corrected chi connectivity index (χ4v) is 2.84. The van der Waals surface area contributed by atoms with Gasteiger partial charge in [-0.3, -0.25) is 4.98 Å². The summed E-state index contributed by atoms with van der Waals surface area (Å²) >= 11 is 7.68. The van der Waals surface area contributed by atoms with Crippen LogP contribution in [-0.2, 0) is 5.75 Å². The van der Waals surface area contributed by atoms with Crippen molar-refractivity contribution in [2.24, 2.45) is 5.92 Å². The summed E-state index contributed by atoms with van der Waals surface area (Å²) in [5, 5.41) is 1.20. The highest BCUT2D eigenvalue weighted by Gasteiger charge is 2.02. The number of benzene rings is 1. The number of rotatable bonds is 5. The summed E-state index contributed by atoms with van der Waals surface area (Å²) in [6, 6.07) is 12.5. The number of alkyl halides is 1. The Hall–Kier alpha value is -0.730. The van der Waals surface area contributed by atoms with Crippen LogP contribution in [-0.4, -0.2) is 16.6 Å². The first-order valence-electron chi connectivity index (χ1n) is 5.78. The predicted octanol–water partition coefficient (Wildman–Crippen LogP) is 4.34. The Labute approximate surface area is 112 Å². The molecule has 0 fully saturated rings. The van der Waals surface area contributed by atoms with Crippen molar-refractivity contribution < 1.29 is 0 Å². The lowest BCUT2D eigenvalue weighted by Crippen LogP contribution is -2.00. The minimum absolute atomic E-state index is 0.571. The average Bonchev–Trinajstić information content (AvgIpc) is 2.38. The molecule has 0 saturated carbocycles. The molecule has 0 bridgehead atoms. The van der Waals surface area contributed by atoms with Crippen LogP contribution in [0.1, 0.15) is 12.6 Å². The standard InChI is InChI=1S/C14H16ClNS/c1-11(8-15)9-17-10-13-7-6-12-4-2-3-5-14(12)16-13/h2-7,11H,8-10H2,1H3. The quantitative estimate of drug-likeness (QED) is 0.746. The van der Waals surface area contributed by atoms with E-state index in [1.54, 1.807) is 0 Å². The minimum atomic E-state index is 0.571. The fraction of sp³-hybridized carbons (Fsp3) is 0.357. The van der Waals surface area contributed by atoms with Crippen LogP contribution in [0.15, 0.2) is 36.4 Å². The molecule has 0 aliphatic rings. The molecule has 3 heteroatoms. The first-order chi connectivity index (χ1) is 8.29. The topological polar surface area (TPSA) is 12.9 Å². The van der Waals surface area contributed by atoms with Crippen LogP contribution in [0.4, 0.5) is 0 Å². The number of aromatic nitrogens is 1. The third-order valence-corrected chi connectivity index (χ3v) is 4.40. The van der Waals surface area contributed by atoms with E-state index in [9.17, 15) is 0 Å². The van der Waals surface area contributed by atoms with Gasteiger partial charge in [0, 0.05) is 17.0 Å². The second-order valence-corrected chi connectivity index (χ2v) is 5.61. The van der Waals surface area contributed by atoms with Crippen LogP contribution in [0.5, 0.6) is 0 Å². The fourth-order valence-electron chi connectivity index (χ4n) is 1.60. The van der Waals surface area contributed by atoms with Gasteiger partial charge in [0.2, 0.25) is 0 Å². The van der Waals surface area contributed by atoms with E-state index in [1.807, 2.05) is 23.9 Å². The van der Waals surface area contributed by atoms with Gasteiger partial charge >= 0.3 is 0 Å². The van der Waals surface area contributed by atoms with Crippen molar-refractivity contribution in [2.75, 3.05) is 11.6 Å². The molecule has 17 heavy (non-hydrogen) atoms. The summed E-state index contributed by atoms with van der Waals surface area (Å²) in [5.74, 6) is 3.37. The molecule has 1 nitrogen and oxygen atoms in total. The van der Waals surface area contributed by atoms with E-state index >= 15 is 0 Å². The maximum atomic E-state index is 5.78. The molecular weight excluding hydrogens is 250 g/mol. The molecule has 1 atom stereocenters. The molecule has 0 radical (unpaired) electrons. The molecule has 2 aromatic rings. The lowest BCUT2D eigenvalue weighted by atomic mass is 10.2. The van der Waals surface area contributed by atoms with Gasteiger partial charge in [-0.1, -0.05) is 31.2 Å². The third-order valence-electron chi connectivity index (χ3n) is 2.57. The molecule has 0 aliphatic carbocycles. The molecule has 2 rings (SSSR count). The smallest absolute Gasteiger partial charge is 0.0705 e.